The summed E-state index contributed by atoms with van der Waals surface area (Å²) >= 11 is 6.37. The van der Waals surface area contributed by atoms with E-state index in [1.807, 2.05) is 0 Å². The summed E-state index contributed by atoms with van der Waals surface area (Å²) in [5.41, 5.74) is 8.17. The SMILES string of the molecule is Nc1n[nH]c2ccc(-c3ccc(S(=O)(=O)NC4CCCCC4O)cc3Cl)nc12. The van der Waals surface area contributed by atoms with Crippen LogP contribution in [0.3, 0.4) is 0 Å². The predicted octanol–water partition coefficient (Wildman–Crippen LogP) is 2.44. The van der Waals surface area contributed by atoms with Crippen LogP contribution in [0.1, 0.15) is 25.7 Å². The van der Waals surface area contributed by atoms with Crippen LogP contribution in [0, 0.1) is 0 Å². The van der Waals surface area contributed by atoms with Crippen molar-refractivity contribution in [2.45, 2.75) is 42.7 Å². The number of nitrogens with two attached hydrogens (primary N) is 1. The second kappa shape index (κ2) is 7.32. The zero-order chi connectivity index (χ0) is 19.9. The highest BCUT2D eigenvalue weighted by atomic mass is 35.5. The molecule has 1 saturated carbocycles. The van der Waals surface area contributed by atoms with Crippen molar-refractivity contribution < 1.29 is 13.5 Å². The van der Waals surface area contributed by atoms with Crippen molar-refractivity contribution in [3.05, 3.63) is 35.4 Å². The van der Waals surface area contributed by atoms with E-state index in [9.17, 15) is 13.5 Å². The third-order valence-electron chi connectivity index (χ3n) is 5.00. The van der Waals surface area contributed by atoms with Crippen molar-refractivity contribution in [2.75, 3.05) is 5.73 Å². The number of nitrogens with one attached hydrogen (secondary N) is 2. The smallest absolute Gasteiger partial charge is 0.240 e. The highest BCUT2D eigenvalue weighted by molar-refractivity contribution is 7.89. The van der Waals surface area contributed by atoms with E-state index in [1.54, 1.807) is 18.2 Å². The predicted molar refractivity (Wildman–Crippen MR) is 107 cm³/mol. The number of H-pyrrole nitrogens is 1. The van der Waals surface area contributed by atoms with E-state index in [-0.39, 0.29) is 15.7 Å². The maximum absolute atomic E-state index is 12.7. The van der Waals surface area contributed by atoms with Crippen molar-refractivity contribution in [1.82, 2.24) is 19.9 Å². The van der Waals surface area contributed by atoms with Crippen molar-refractivity contribution in [3.63, 3.8) is 0 Å². The van der Waals surface area contributed by atoms with Crippen LogP contribution in [-0.2, 0) is 10.0 Å². The standard InChI is InChI=1S/C18H20ClN5O3S/c19-12-9-10(28(26,27)24-14-3-1-2-4-16(14)25)5-6-11(12)13-7-8-15-17(21-13)18(20)23-22-15/h5-9,14,16,24-25H,1-4H2,(H3,20,22,23). The van der Waals surface area contributed by atoms with Gasteiger partial charge in [0.2, 0.25) is 10.0 Å². The Bertz CT molecular complexity index is 1130. The Morgan fingerprint density at radius 2 is 2.00 bits per heavy atom. The Labute approximate surface area is 167 Å². The second-order valence-electron chi connectivity index (χ2n) is 6.92. The van der Waals surface area contributed by atoms with Crippen molar-refractivity contribution in [2.24, 2.45) is 0 Å². The Kier molecular flexibility index (Phi) is 5.00. The minimum Gasteiger partial charge on any atom is -0.391 e. The zero-order valence-electron chi connectivity index (χ0n) is 14.9. The lowest BCUT2D eigenvalue weighted by atomic mass is 9.93. The van der Waals surface area contributed by atoms with Gasteiger partial charge in [-0.05, 0) is 43.2 Å². The van der Waals surface area contributed by atoms with E-state index in [1.165, 1.54) is 12.1 Å². The summed E-state index contributed by atoms with van der Waals surface area (Å²) in [6.07, 6.45) is 2.32. The number of anilines is 1. The van der Waals surface area contributed by atoms with Crippen molar-refractivity contribution in [3.8, 4) is 11.3 Å². The summed E-state index contributed by atoms with van der Waals surface area (Å²) < 4.78 is 28.0. The van der Waals surface area contributed by atoms with Crippen LogP contribution in [0.25, 0.3) is 22.3 Å². The summed E-state index contributed by atoms with van der Waals surface area (Å²) in [5.74, 6) is 0.280. The van der Waals surface area contributed by atoms with Gasteiger partial charge >= 0.3 is 0 Å². The maximum atomic E-state index is 12.7. The van der Waals surface area contributed by atoms with Gasteiger partial charge in [-0.3, -0.25) is 5.10 Å². The maximum Gasteiger partial charge on any atom is 0.240 e. The van der Waals surface area contributed by atoms with Crippen LogP contribution < -0.4 is 10.5 Å². The van der Waals surface area contributed by atoms with Gasteiger partial charge in [0.05, 0.1) is 27.2 Å². The number of pyridine rings is 1. The summed E-state index contributed by atoms with van der Waals surface area (Å²) in [6, 6.07) is 7.53. The average Bonchev–Trinajstić information content (AvgIpc) is 3.04. The van der Waals surface area contributed by atoms with E-state index < -0.39 is 22.2 Å². The van der Waals surface area contributed by atoms with E-state index in [0.717, 1.165) is 12.8 Å². The minimum atomic E-state index is -3.80. The molecule has 5 N–H and O–H groups in total. The van der Waals surface area contributed by atoms with Gasteiger partial charge in [0.1, 0.15) is 5.52 Å². The molecule has 2 heterocycles. The summed E-state index contributed by atoms with van der Waals surface area (Å²) in [6.45, 7) is 0. The fourth-order valence-electron chi connectivity index (χ4n) is 3.45. The van der Waals surface area contributed by atoms with Crippen LogP contribution in [0.2, 0.25) is 5.02 Å². The van der Waals surface area contributed by atoms with Crippen molar-refractivity contribution in [1.29, 1.82) is 0 Å². The van der Waals surface area contributed by atoms with Gasteiger partial charge < -0.3 is 10.8 Å². The van der Waals surface area contributed by atoms with E-state index >= 15 is 0 Å². The van der Waals surface area contributed by atoms with Crippen LogP contribution in [-0.4, -0.2) is 40.9 Å². The van der Waals surface area contributed by atoms with Crippen LogP contribution in [0.15, 0.2) is 35.2 Å². The highest BCUT2D eigenvalue weighted by Gasteiger charge is 2.28. The molecule has 1 fully saturated rings. The zero-order valence-corrected chi connectivity index (χ0v) is 16.5. The first-order valence-electron chi connectivity index (χ1n) is 8.96. The number of benzene rings is 1. The van der Waals surface area contributed by atoms with E-state index in [0.29, 0.717) is 35.1 Å². The molecule has 2 aromatic heterocycles. The van der Waals surface area contributed by atoms with Crippen LogP contribution in [0.5, 0.6) is 0 Å². The second-order valence-corrected chi connectivity index (χ2v) is 9.04. The number of nitrogens with zero attached hydrogens (tertiary/aromatic N) is 2. The lowest BCUT2D eigenvalue weighted by Crippen LogP contribution is -2.44. The Hall–Kier alpha value is -2.20. The lowest BCUT2D eigenvalue weighted by molar-refractivity contribution is 0.101. The first-order valence-corrected chi connectivity index (χ1v) is 10.8. The molecule has 0 spiro atoms. The number of fused-ring (bicyclic) bond motifs is 1. The topological polar surface area (TPSA) is 134 Å². The molecule has 3 aromatic rings. The van der Waals surface area contributed by atoms with E-state index in [2.05, 4.69) is 19.9 Å². The van der Waals surface area contributed by atoms with Gasteiger partial charge in [-0.2, -0.15) is 5.10 Å². The average molecular weight is 422 g/mol. The molecule has 2 unspecified atom stereocenters. The monoisotopic (exact) mass is 421 g/mol. The van der Waals surface area contributed by atoms with Crippen LogP contribution >= 0.6 is 11.6 Å². The minimum absolute atomic E-state index is 0.0444. The first-order chi connectivity index (χ1) is 13.3. The summed E-state index contributed by atoms with van der Waals surface area (Å²) in [4.78, 5) is 4.50. The molecule has 8 nitrogen and oxygen atoms in total. The summed E-state index contributed by atoms with van der Waals surface area (Å²) in [5, 5.41) is 17.0. The third-order valence-corrected chi connectivity index (χ3v) is 6.80. The van der Waals surface area contributed by atoms with Gasteiger partial charge in [-0.15, -0.1) is 0 Å². The van der Waals surface area contributed by atoms with Gasteiger partial charge in [-0.1, -0.05) is 24.4 Å². The molecule has 10 heteroatoms. The molecule has 148 valence electrons. The normalized spacial score (nSPS) is 20.5. The molecule has 0 saturated heterocycles. The molecule has 4 rings (SSSR count). The molecule has 0 radical (unpaired) electrons. The molecule has 1 aromatic carbocycles. The number of hydrogen-bond donors (Lipinski definition) is 4. The first kappa shape index (κ1) is 19.1. The number of sulfonamides is 1. The number of aliphatic hydroxyl groups excluding tert-OH is 1. The number of aliphatic hydroxyl groups is 1. The fourth-order valence-corrected chi connectivity index (χ4v) is 5.13. The Morgan fingerprint density at radius 1 is 1.21 bits per heavy atom. The molecule has 2 atom stereocenters. The summed E-state index contributed by atoms with van der Waals surface area (Å²) in [7, 11) is -3.80. The van der Waals surface area contributed by atoms with Crippen molar-refractivity contribution >= 4 is 38.5 Å². The largest absolute Gasteiger partial charge is 0.391 e. The molecule has 1 aliphatic rings. The molecule has 1 aliphatic carbocycles. The van der Waals surface area contributed by atoms with Gasteiger partial charge in [0, 0.05) is 11.6 Å². The fraction of sp³-hybridized carbons (Fsp3) is 0.333. The molecule has 0 bridgehead atoms. The van der Waals surface area contributed by atoms with Gasteiger partial charge in [0.25, 0.3) is 0 Å². The molecule has 0 aliphatic heterocycles. The Morgan fingerprint density at radius 3 is 2.75 bits per heavy atom. The molecule has 0 amide bonds. The molecule has 28 heavy (non-hydrogen) atoms. The number of halogens is 1. The molecular weight excluding hydrogens is 402 g/mol. The lowest BCUT2D eigenvalue weighted by Gasteiger charge is -2.28. The highest BCUT2D eigenvalue weighted by Crippen LogP contribution is 2.31. The Balaban J connectivity index is 1.64. The third kappa shape index (κ3) is 3.58. The number of nitrogen functional groups attached to an aromatic ring is 1. The van der Waals surface area contributed by atoms with Gasteiger partial charge in [0.15, 0.2) is 5.82 Å². The quantitative estimate of drug-likeness (QED) is 0.511. The number of rotatable bonds is 4. The van der Waals surface area contributed by atoms with Gasteiger partial charge in [-0.25, -0.2) is 18.1 Å². The van der Waals surface area contributed by atoms with E-state index in [4.69, 9.17) is 17.3 Å². The van der Waals surface area contributed by atoms with Crippen LogP contribution in [0.4, 0.5) is 5.82 Å². The number of aromatic nitrogens is 3. The molecular formula is C18H20ClN5O3S. The number of hydrogen-bond acceptors (Lipinski definition) is 6. The number of aromatic amines is 1.